The number of halogens is 2. The Morgan fingerprint density at radius 2 is 0.957 bits per heavy atom. The van der Waals surface area contributed by atoms with Gasteiger partial charge >= 0.3 is 26.2 Å². The topological polar surface area (TPSA) is 0 Å². The molecule has 4 aromatic carbocycles. The molecule has 0 nitrogen and oxygen atoms in total. The van der Waals surface area contributed by atoms with E-state index in [4.69, 9.17) is 0 Å². The summed E-state index contributed by atoms with van der Waals surface area (Å²) in [6.45, 7) is 2.08. The van der Waals surface area contributed by atoms with Crippen molar-refractivity contribution in [3.05, 3.63) is 90.5 Å². The van der Waals surface area contributed by atoms with E-state index in [-0.39, 0.29) is 51.0 Å². The van der Waals surface area contributed by atoms with Gasteiger partial charge in [0, 0.05) is 0 Å². The number of rotatable bonds is 0. The molecule has 0 atom stereocenters. The van der Waals surface area contributed by atoms with Gasteiger partial charge in [0.1, 0.15) is 0 Å². The molecule has 0 amide bonds. The molecule has 0 saturated heterocycles. The molecule has 3 heteroatoms. The summed E-state index contributed by atoms with van der Waals surface area (Å²) in [6, 6.07) is 29.5. The molecule has 0 aromatic heterocycles. The minimum Gasteiger partial charge on any atom is -1.00 e. The van der Waals surface area contributed by atoms with Crippen molar-refractivity contribution in [2.24, 2.45) is 0 Å². The number of benzene rings is 3. The summed E-state index contributed by atoms with van der Waals surface area (Å²) in [5.74, 6) is 0. The molecule has 0 aliphatic rings. The van der Waals surface area contributed by atoms with Crippen LogP contribution in [0.3, 0.4) is 0 Å². The molecule has 0 spiro atoms. The van der Waals surface area contributed by atoms with Crippen molar-refractivity contribution < 1.29 is 51.0 Å². The minimum atomic E-state index is 0. The molecule has 23 heavy (non-hydrogen) atoms. The fourth-order valence-corrected chi connectivity index (χ4v) is 2.44. The molecule has 0 aliphatic heterocycles. The standard InChI is InChI=1S/C13H9.C7H8.2ClH.Zr/c1-3-7-12-10(5-1)9-11-6-2-4-8-13(11)12;1-7-5-3-2-4-6-7;;;/h1-9H;2-6H,1H3;2*1H;/q-1;;;;+3/p-2. The molecule has 0 bridgehead atoms. The van der Waals surface area contributed by atoms with Gasteiger partial charge in [-0.1, -0.05) is 72.3 Å². The first kappa shape index (κ1) is 22.0. The van der Waals surface area contributed by atoms with Crippen molar-refractivity contribution in [2.75, 3.05) is 0 Å². The summed E-state index contributed by atoms with van der Waals surface area (Å²) in [5.41, 5.74) is 1.32. The van der Waals surface area contributed by atoms with E-state index >= 15 is 0 Å². The van der Waals surface area contributed by atoms with Gasteiger partial charge in [-0.2, -0.15) is 0 Å². The predicted octanol–water partition coefficient (Wildman–Crippen LogP) is -0.288. The zero-order chi connectivity index (χ0) is 13.8. The van der Waals surface area contributed by atoms with E-state index in [1.165, 1.54) is 27.1 Å². The maximum absolute atomic E-state index is 2.24. The Labute approximate surface area is 169 Å². The van der Waals surface area contributed by atoms with Crippen molar-refractivity contribution in [1.29, 1.82) is 0 Å². The Kier molecular flexibility index (Phi) is 10.2. The van der Waals surface area contributed by atoms with Crippen LogP contribution in [0.4, 0.5) is 0 Å². The third-order valence-corrected chi connectivity index (χ3v) is 3.46. The Morgan fingerprint density at radius 3 is 1.35 bits per heavy atom. The largest absolute Gasteiger partial charge is 3.00 e. The van der Waals surface area contributed by atoms with Gasteiger partial charge in [0.05, 0.1) is 0 Å². The maximum Gasteiger partial charge on any atom is 3.00 e. The summed E-state index contributed by atoms with van der Waals surface area (Å²) in [5, 5.41) is 5.39. The van der Waals surface area contributed by atoms with Crippen LogP contribution in [0.5, 0.6) is 0 Å². The molecule has 0 saturated carbocycles. The van der Waals surface area contributed by atoms with Gasteiger partial charge in [-0.15, -0.1) is 39.7 Å². The van der Waals surface area contributed by atoms with Crippen LogP contribution in [0.2, 0.25) is 0 Å². The normalized spacial score (nSPS) is 8.91. The minimum absolute atomic E-state index is 0. The second-order valence-corrected chi connectivity index (χ2v) is 4.97. The summed E-state index contributed by atoms with van der Waals surface area (Å²) in [7, 11) is 0. The first-order chi connectivity index (χ1) is 9.84. The molecule has 0 aliphatic carbocycles. The van der Waals surface area contributed by atoms with E-state index in [9.17, 15) is 0 Å². The van der Waals surface area contributed by atoms with Gasteiger partial charge in [0.25, 0.3) is 0 Å². The zero-order valence-electron chi connectivity index (χ0n) is 12.8. The van der Waals surface area contributed by atoms with E-state index in [0.29, 0.717) is 0 Å². The third kappa shape index (κ3) is 5.53. The second kappa shape index (κ2) is 10.7. The Bertz CT molecular complexity index is 772. The van der Waals surface area contributed by atoms with E-state index in [1.54, 1.807) is 0 Å². The smallest absolute Gasteiger partial charge is 1.00 e. The summed E-state index contributed by atoms with van der Waals surface area (Å²) in [6.07, 6.45) is 0. The van der Waals surface area contributed by atoms with Crippen LogP contribution < -0.4 is 24.8 Å². The SMILES string of the molecule is Cc1ccccc1.[Cl-].[Cl-].[Zr+3].c1ccc2c(c1)[cH-]c1ccccc12. The van der Waals surface area contributed by atoms with Gasteiger partial charge in [0.2, 0.25) is 0 Å². The average Bonchev–Trinajstić information content (AvgIpc) is 2.87. The fourth-order valence-electron chi connectivity index (χ4n) is 2.44. The van der Waals surface area contributed by atoms with Gasteiger partial charge < -0.3 is 24.8 Å². The van der Waals surface area contributed by atoms with Crippen molar-refractivity contribution in [3.63, 3.8) is 0 Å². The summed E-state index contributed by atoms with van der Waals surface area (Å²) >= 11 is 0. The van der Waals surface area contributed by atoms with Crippen LogP contribution >= 0.6 is 0 Å². The molecule has 0 fully saturated rings. The molecule has 1 radical (unpaired) electrons. The van der Waals surface area contributed by atoms with Gasteiger partial charge in [-0.05, 0) is 6.92 Å². The Morgan fingerprint density at radius 1 is 0.565 bits per heavy atom. The summed E-state index contributed by atoms with van der Waals surface area (Å²) in [4.78, 5) is 0. The molecule has 0 unspecified atom stereocenters. The van der Waals surface area contributed by atoms with Crippen molar-refractivity contribution >= 4 is 21.5 Å². The van der Waals surface area contributed by atoms with Crippen LogP contribution in [-0.2, 0) is 26.2 Å². The quantitative estimate of drug-likeness (QED) is 0.344. The molecular weight excluding hydrogens is 402 g/mol. The molecule has 0 N–H and O–H groups in total. The van der Waals surface area contributed by atoms with E-state index in [1.807, 2.05) is 18.2 Å². The Balaban J connectivity index is 0.000000426. The van der Waals surface area contributed by atoms with E-state index < -0.39 is 0 Å². The summed E-state index contributed by atoms with van der Waals surface area (Å²) < 4.78 is 0. The van der Waals surface area contributed by atoms with Crippen LogP contribution in [0.25, 0.3) is 21.5 Å². The van der Waals surface area contributed by atoms with Crippen LogP contribution in [0.15, 0.2) is 84.9 Å². The average molecular weight is 419 g/mol. The van der Waals surface area contributed by atoms with Crippen LogP contribution in [0, 0.1) is 6.92 Å². The van der Waals surface area contributed by atoms with Gasteiger partial charge in [0.15, 0.2) is 0 Å². The molecule has 4 aromatic rings. The molecular formula is C20H17Cl2Zr. The first-order valence-corrected chi connectivity index (χ1v) is 6.89. The maximum atomic E-state index is 2.24. The predicted molar refractivity (Wildman–Crippen MR) is 88.2 cm³/mol. The number of aryl methyl sites for hydroxylation is 1. The first-order valence-electron chi connectivity index (χ1n) is 6.89. The van der Waals surface area contributed by atoms with Crippen molar-refractivity contribution in [2.45, 2.75) is 6.92 Å². The fraction of sp³-hybridized carbons (Fsp3) is 0.0500. The third-order valence-electron chi connectivity index (χ3n) is 3.46. The molecule has 4 rings (SSSR count). The van der Waals surface area contributed by atoms with Gasteiger partial charge in [-0.3, -0.25) is 0 Å². The number of hydrogen-bond donors (Lipinski definition) is 0. The van der Waals surface area contributed by atoms with Gasteiger partial charge in [-0.25, -0.2) is 0 Å². The number of hydrogen-bond acceptors (Lipinski definition) is 0. The molecule has 0 heterocycles. The zero-order valence-corrected chi connectivity index (χ0v) is 16.8. The number of fused-ring (bicyclic) bond motifs is 3. The van der Waals surface area contributed by atoms with Crippen LogP contribution in [-0.4, -0.2) is 0 Å². The Hall–Kier alpha value is -1.01. The second-order valence-electron chi connectivity index (χ2n) is 4.97. The van der Waals surface area contributed by atoms with Crippen molar-refractivity contribution in [3.8, 4) is 0 Å². The van der Waals surface area contributed by atoms with Crippen LogP contribution in [0.1, 0.15) is 5.56 Å². The van der Waals surface area contributed by atoms with E-state index in [2.05, 4.69) is 73.7 Å². The van der Waals surface area contributed by atoms with E-state index in [0.717, 1.165) is 0 Å². The van der Waals surface area contributed by atoms with Crippen molar-refractivity contribution in [1.82, 2.24) is 0 Å². The monoisotopic (exact) mass is 417 g/mol. The molecule has 115 valence electrons.